The van der Waals surface area contributed by atoms with Crippen molar-refractivity contribution in [2.75, 3.05) is 24.5 Å². The van der Waals surface area contributed by atoms with Crippen LogP contribution in [0.25, 0.3) is 0 Å². The van der Waals surface area contributed by atoms with Gasteiger partial charge in [0.25, 0.3) is 0 Å². The minimum Gasteiger partial charge on any atom is -0.386 e. The largest absolute Gasteiger partial charge is 0.417 e. The number of aliphatic hydroxyl groups excluding tert-OH is 1. The van der Waals surface area contributed by atoms with Crippen LogP contribution >= 0.6 is 0 Å². The molecule has 3 rings (SSSR count). The van der Waals surface area contributed by atoms with E-state index >= 15 is 0 Å². The van der Waals surface area contributed by atoms with Gasteiger partial charge >= 0.3 is 6.18 Å². The minimum absolute atomic E-state index is 0.218. The van der Waals surface area contributed by atoms with Gasteiger partial charge in [-0.25, -0.2) is 4.98 Å². The first-order valence-electron chi connectivity index (χ1n) is 5.71. The first kappa shape index (κ1) is 11.7. The Morgan fingerprint density at radius 3 is 2.94 bits per heavy atom. The number of alkyl halides is 3. The summed E-state index contributed by atoms with van der Waals surface area (Å²) in [6, 6.07) is 0.787. The topological polar surface area (TPSA) is 48.4 Å². The van der Waals surface area contributed by atoms with Gasteiger partial charge in [-0.2, -0.15) is 13.2 Å². The molecule has 0 amide bonds. The summed E-state index contributed by atoms with van der Waals surface area (Å²) in [7, 11) is 0. The molecule has 98 valence electrons. The molecule has 0 saturated carbocycles. The van der Waals surface area contributed by atoms with Crippen molar-refractivity contribution in [1.29, 1.82) is 0 Å². The Balaban J connectivity index is 2.03. The quantitative estimate of drug-likeness (QED) is 0.727. The van der Waals surface area contributed by atoms with Gasteiger partial charge in [-0.05, 0) is 6.07 Å². The second kappa shape index (κ2) is 3.83. The lowest BCUT2D eigenvalue weighted by Crippen LogP contribution is -2.51. The van der Waals surface area contributed by atoms with E-state index in [1.807, 2.05) is 4.90 Å². The van der Waals surface area contributed by atoms with E-state index in [-0.39, 0.29) is 11.6 Å². The number of halogens is 3. The molecule has 7 heteroatoms. The monoisotopic (exact) mass is 259 g/mol. The molecule has 4 nitrogen and oxygen atoms in total. The van der Waals surface area contributed by atoms with E-state index in [4.69, 9.17) is 0 Å². The molecule has 0 unspecified atom stereocenters. The lowest BCUT2D eigenvalue weighted by atomic mass is 10.1. The summed E-state index contributed by atoms with van der Waals surface area (Å²) in [5.41, 5.74) is -0.536. The van der Waals surface area contributed by atoms with Crippen molar-refractivity contribution >= 4 is 5.82 Å². The van der Waals surface area contributed by atoms with E-state index in [0.29, 0.717) is 18.9 Å². The van der Waals surface area contributed by atoms with Crippen molar-refractivity contribution in [3.8, 4) is 0 Å². The van der Waals surface area contributed by atoms with Crippen LogP contribution < -0.4 is 10.2 Å². The smallest absolute Gasteiger partial charge is 0.386 e. The number of hydrogen-bond acceptors (Lipinski definition) is 4. The molecule has 3 heterocycles. The van der Waals surface area contributed by atoms with Crippen LogP contribution in [-0.2, 0) is 6.18 Å². The molecular weight excluding hydrogens is 247 g/mol. The average molecular weight is 259 g/mol. The van der Waals surface area contributed by atoms with Crippen LogP contribution in [0.2, 0.25) is 0 Å². The molecule has 0 spiro atoms. The molecule has 2 atom stereocenters. The van der Waals surface area contributed by atoms with Crippen LogP contribution in [0.5, 0.6) is 0 Å². The number of nitrogens with one attached hydrogen (secondary N) is 1. The third kappa shape index (κ3) is 1.65. The average Bonchev–Trinajstić information content (AvgIpc) is 2.63. The normalized spacial score (nSPS) is 27.0. The highest BCUT2D eigenvalue weighted by atomic mass is 19.4. The summed E-state index contributed by atoms with van der Waals surface area (Å²) in [6.07, 6.45) is -4.51. The van der Waals surface area contributed by atoms with E-state index in [1.165, 1.54) is 0 Å². The number of hydrogen-bond donors (Lipinski definition) is 2. The lowest BCUT2D eigenvalue weighted by molar-refractivity contribution is -0.137. The zero-order valence-corrected chi connectivity index (χ0v) is 9.41. The molecular formula is C11H12F3N3O. The first-order chi connectivity index (χ1) is 8.48. The summed E-state index contributed by atoms with van der Waals surface area (Å²) >= 11 is 0. The van der Waals surface area contributed by atoms with Crippen LogP contribution in [0.15, 0.2) is 12.3 Å². The van der Waals surface area contributed by atoms with Crippen molar-refractivity contribution in [3.05, 3.63) is 23.4 Å². The van der Waals surface area contributed by atoms with Gasteiger partial charge in [0.1, 0.15) is 11.9 Å². The molecule has 18 heavy (non-hydrogen) atoms. The van der Waals surface area contributed by atoms with E-state index in [0.717, 1.165) is 18.8 Å². The van der Waals surface area contributed by atoms with Crippen molar-refractivity contribution in [2.24, 2.45) is 0 Å². The van der Waals surface area contributed by atoms with Crippen LogP contribution in [0.4, 0.5) is 19.0 Å². The summed E-state index contributed by atoms with van der Waals surface area (Å²) < 4.78 is 37.8. The second-order valence-electron chi connectivity index (χ2n) is 4.54. The van der Waals surface area contributed by atoms with E-state index in [2.05, 4.69) is 10.3 Å². The Bertz CT molecular complexity index is 477. The second-order valence-corrected chi connectivity index (χ2v) is 4.54. The standard InChI is InChI=1S/C11H12F3N3O/c12-11(13,14)6-3-7-9(18)8-5-15-1-2-17(8)10(7)16-4-6/h3-4,8-9,15,18H,1-2,5H2/t8-,9+/m1/s1. The Morgan fingerprint density at radius 1 is 1.44 bits per heavy atom. The molecule has 1 aromatic rings. The van der Waals surface area contributed by atoms with Crippen LogP contribution in [-0.4, -0.2) is 35.8 Å². The summed E-state index contributed by atoms with van der Waals surface area (Å²) in [5.74, 6) is 0.474. The van der Waals surface area contributed by atoms with Gasteiger partial charge in [0, 0.05) is 31.4 Å². The summed E-state index contributed by atoms with van der Waals surface area (Å²) in [6.45, 7) is 1.94. The maximum absolute atomic E-state index is 12.6. The van der Waals surface area contributed by atoms with Gasteiger partial charge in [0.2, 0.25) is 0 Å². The van der Waals surface area contributed by atoms with Crippen molar-refractivity contribution in [1.82, 2.24) is 10.3 Å². The van der Waals surface area contributed by atoms with Gasteiger partial charge in [0.05, 0.1) is 11.6 Å². The molecule has 1 aromatic heterocycles. The van der Waals surface area contributed by atoms with E-state index in [9.17, 15) is 18.3 Å². The highest BCUT2D eigenvalue weighted by Gasteiger charge is 2.42. The predicted octanol–water partition coefficient (Wildman–Crippen LogP) is 0.926. The fourth-order valence-electron chi connectivity index (χ4n) is 2.57. The van der Waals surface area contributed by atoms with Gasteiger partial charge in [0.15, 0.2) is 0 Å². The number of fused-ring (bicyclic) bond motifs is 3. The molecule has 2 aliphatic rings. The zero-order chi connectivity index (χ0) is 12.9. The number of nitrogens with zero attached hydrogens (tertiary/aromatic N) is 2. The summed E-state index contributed by atoms with van der Waals surface area (Å²) in [4.78, 5) is 5.75. The number of aromatic nitrogens is 1. The fourth-order valence-corrected chi connectivity index (χ4v) is 2.57. The number of anilines is 1. The van der Waals surface area contributed by atoms with Crippen LogP contribution in [0, 0.1) is 0 Å². The molecule has 0 bridgehead atoms. The molecule has 2 N–H and O–H groups in total. The Labute approximate surface area is 101 Å². The fraction of sp³-hybridized carbons (Fsp3) is 0.545. The molecule has 2 aliphatic heterocycles. The first-order valence-corrected chi connectivity index (χ1v) is 5.71. The molecule has 0 aromatic carbocycles. The SMILES string of the molecule is O[C@H]1c2cc(C(F)(F)F)cnc2N2CCNC[C@H]12. The highest BCUT2D eigenvalue weighted by molar-refractivity contribution is 5.57. The Morgan fingerprint density at radius 2 is 2.22 bits per heavy atom. The minimum atomic E-state index is -4.43. The predicted molar refractivity (Wildman–Crippen MR) is 58.2 cm³/mol. The highest BCUT2D eigenvalue weighted by Crippen LogP contribution is 2.41. The number of pyridine rings is 1. The maximum Gasteiger partial charge on any atom is 0.417 e. The molecule has 0 aliphatic carbocycles. The lowest BCUT2D eigenvalue weighted by Gasteiger charge is -2.32. The molecule has 0 radical (unpaired) electrons. The Hall–Kier alpha value is -1.34. The molecule has 1 saturated heterocycles. The third-order valence-corrected chi connectivity index (χ3v) is 3.46. The number of piperazine rings is 1. The van der Waals surface area contributed by atoms with E-state index in [1.54, 1.807) is 0 Å². The van der Waals surface area contributed by atoms with Gasteiger partial charge in [-0.1, -0.05) is 0 Å². The van der Waals surface area contributed by atoms with Crippen LogP contribution in [0.3, 0.4) is 0 Å². The van der Waals surface area contributed by atoms with E-state index < -0.39 is 17.8 Å². The van der Waals surface area contributed by atoms with Gasteiger partial charge < -0.3 is 15.3 Å². The summed E-state index contributed by atoms with van der Waals surface area (Å²) in [5, 5.41) is 13.2. The zero-order valence-electron chi connectivity index (χ0n) is 9.41. The maximum atomic E-state index is 12.6. The van der Waals surface area contributed by atoms with Crippen molar-refractivity contribution in [3.63, 3.8) is 0 Å². The van der Waals surface area contributed by atoms with Crippen molar-refractivity contribution in [2.45, 2.75) is 18.3 Å². The Kier molecular flexibility index (Phi) is 2.49. The third-order valence-electron chi connectivity index (χ3n) is 3.46. The van der Waals surface area contributed by atoms with Crippen LogP contribution in [0.1, 0.15) is 17.2 Å². The number of aliphatic hydroxyl groups is 1. The van der Waals surface area contributed by atoms with Gasteiger partial charge in [-0.3, -0.25) is 0 Å². The van der Waals surface area contributed by atoms with Crippen molar-refractivity contribution < 1.29 is 18.3 Å². The molecule has 1 fully saturated rings. The van der Waals surface area contributed by atoms with Gasteiger partial charge in [-0.15, -0.1) is 0 Å². The number of rotatable bonds is 0.